The molecular weight excluding hydrogens is 371 g/mol. The quantitative estimate of drug-likeness (QED) is 0.398. The highest BCUT2D eigenvalue weighted by atomic mass is 35.5. The summed E-state index contributed by atoms with van der Waals surface area (Å²) in [4.78, 5) is 16.8. The first-order valence-electron chi connectivity index (χ1n) is 8.51. The van der Waals surface area contributed by atoms with Crippen LogP contribution in [-0.2, 0) is 16.9 Å². The SMILES string of the molecule is [N-]=[N+]=NC1(c2ccc(Cl)c(F)c2)CCN(C(=O)OCc2ccccc2)CC1. The van der Waals surface area contributed by atoms with Gasteiger partial charge in [0.15, 0.2) is 0 Å². The van der Waals surface area contributed by atoms with Gasteiger partial charge in [0.05, 0.1) is 10.6 Å². The normalized spacial score (nSPS) is 15.7. The van der Waals surface area contributed by atoms with Gasteiger partial charge in [0, 0.05) is 18.0 Å². The summed E-state index contributed by atoms with van der Waals surface area (Å²) in [6, 6.07) is 13.8. The number of hydrogen-bond donors (Lipinski definition) is 0. The molecule has 1 heterocycles. The van der Waals surface area contributed by atoms with Gasteiger partial charge in [-0.25, -0.2) is 9.18 Å². The van der Waals surface area contributed by atoms with E-state index in [1.807, 2.05) is 30.3 Å². The van der Waals surface area contributed by atoms with Crippen molar-refractivity contribution in [1.82, 2.24) is 4.90 Å². The number of rotatable bonds is 4. The van der Waals surface area contributed by atoms with Crippen LogP contribution < -0.4 is 0 Å². The molecule has 0 bridgehead atoms. The van der Waals surface area contributed by atoms with E-state index in [-0.39, 0.29) is 11.6 Å². The summed E-state index contributed by atoms with van der Waals surface area (Å²) >= 11 is 5.74. The lowest BCUT2D eigenvalue weighted by atomic mass is 9.82. The van der Waals surface area contributed by atoms with Gasteiger partial charge in [0.2, 0.25) is 0 Å². The first kappa shape index (κ1) is 19.0. The third-order valence-corrected chi connectivity index (χ3v) is 5.05. The molecule has 1 amide bonds. The molecule has 0 unspecified atom stereocenters. The molecule has 8 heteroatoms. The Balaban J connectivity index is 1.66. The molecule has 1 aliphatic rings. The number of likely N-dealkylation sites (tertiary alicyclic amines) is 1. The van der Waals surface area contributed by atoms with Gasteiger partial charge in [0.25, 0.3) is 0 Å². The molecule has 27 heavy (non-hydrogen) atoms. The fourth-order valence-corrected chi connectivity index (χ4v) is 3.30. The second kappa shape index (κ2) is 8.29. The van der Waals surface area contributed by atoms with Crippen LogP contribution in [0.4, 0.5) is 9.18 Å². The third kappa shape index (κ3) is 4.32. The minimum atomic E-state index is -0.906. The van der Waals surface area contributed by atoms with Crippen molar-refractivity contribution >= 4 is 17.7 Å². The van der Waals surface area contributed by atoms with Crippen LogP contribution >= 0.6 is 11.6 Å². The summed E-state index contributed by atoms with van der Waals surface area (Å²) in [5.41, 5.74) is 9.54. The summed E-state index contributed by atoms with van der Waals surface area (Å²) in [7, 11) is 0. The van der Waals surface area contributed by atoms with Crippen LogP contribution in [0.2, 0.25) is 5.02 Å². The lowest BCUT2D eigenvalue weighted by molar-refractivity contribution is 0.0779. The van der Waals surface area contributed by atoms with Gasteiger partial charge in [-0.15, -0.1) is 0 Å². The summed E-state index contributed by atoms with van der Waals surface area (Å²) < 4.78 is 19.2. The smallest absolute Gasteiger partial charge is 0.410 e. The number of azide groups is 1. The summed E-state index contributed by atoms with van der Waals surface area (Å²) in [5, 5.41) is 3.95. The fourth-order valence-electron chi connectivity index (χ4n) is 3.19. The van der Waals surface area contributed by atoms with Crippen molar-refractivity contribution in [2.45, 2.75) is 25.0 Å². The lowest BCUT2D eigenvalue weighted by Crippen LogP contribution is -2.44. The van der Waals surface area contributed by atoms with Gasteiger partial charge in [-0.05, 0) is 41.6 Å². The molecule has 1 fully saturated rings. The standard InChI is InChI=1S/C19H18ClFN4O2/c20-16-7-6-15(12-17(16)21)19(23-24-22)8-10-25(11-9-19)18(26)27-13-14-4-2-1-3-5-14/h1-7,12H,8-11,13H2. The van der Waals surface area contributed by atoms with Crippen molar-refractivity contribution in [1.29, 1.82) is 0 Å². The number of hydrogen-bond acceptors (Lipinski definition) is 3. The number of carbonyl (C=O) groups is 1. The Labute approximate surface area is 161 Å². The van der Waals surface area contributed by atoms with E-state index in [1.54, 1.807) is 11.0 Å². The monoisotopic (exact) mass is 388 g/mol. The third-order valence-electron chi connectivity index (χ3n) is 4.75. The van der Waals surface area contributed by atoms with E-state index in [4.69, 9.17) is 21.9 Å². The predicted molar refractivity (Wildman–Crippen MR) is 99.7 cm³/mol. The van der Waals surface area contributed by atoms with Crippen molar-refractivity contribution in [3.05, 3.63) is 80.9 Å². The lowest BCUT2D eigenvalue weighted by Gasteiger charge is -2.38. The second-order valence-corrected chi connectivity index (χ2v) is 6.78. The van der Waals surface area contributed by atoms with Crippen molar-refractivity contribution < 1.29 is 13.9 Å². The van der Waals surface area contributed by atoms with Crippen LogP contribution in [0, 0.1) is 5.82 Å². The van der Waals surface area contributed by atoms with E-state index in [9.17, 15) is 9.18 Å². The molecule has 0 spiro atoms. The zero-order valence-electron chi connectivity index (χ0n) is 14.5. The van der Waals surface area contributed by atoms with E-state index in [2.05, 4.69) is 10.0 Å². The molecule has 140 valence electrons. The number of ether oxygens (including phenoxy) is 1. The molecule has 1 saturated heterocycles. The van der Waals surface area contributed by atoms with Gasteiger partial charge < -0.3 is 9.64 Å². The van der Waals surface area contributed by atoms with Crippen LogP contribution in [0.15, 0.2) is 53.6 Å². The number of piperidine rings is 1. The number of carbonyl (C=O) groups excluding carboxylic acids is 1. The summed E-state index contributed by atoms with van der Waals surface area (Å²) in [6.07, 6.45) is 0.326. The molecule has 3 rings (SSSR count). The molecule has 0 radical (unpaired) electrons. The average molecular weight is 389 g/mol. The molecule has 0 aliphatic carbocycles. The Hall–Kier alpha value is -2.76. The highest BCUT2D eigenvalue weighted by molar-refractivity contribution is 6.30. The van der Waals surface area contributed by atoms with E-state index >= 15 is 0 Å². The molecule has 0 saturated carbocycles. The molecule has 0 N–H and O–H groups in total. The maximum atomic E-state index is 13.9. The van der Waals surface area contributed by atoms with Gasteiger partial charge in [-0.1, -0.05) is 53.1 Å². The second-order valence-electron chi connectivity index (χ2n) is 6.38. The van der Waals surface area contributed by atoms with Gasteiger partial charge in [-0.3, -0.25) is 0 Å². The maximum absolute atomic E-state index is 13.9. The van der Waals surface area contributed by atoms with Gasteiger partial charge in [-0.2, -0.15) is 0 Å². The van der Waals surface area contributed by atoms with Crippen LogP contribution in [-0.4, -0.2) is 24.1 Å². The average Bonchev–Trinajstić information content (AvgIpc) is 2.70. The largest absolute Gasteiger partial charge is 0.445 e. The van der Waals surface area contributed by atoms with E-state index in [1.165, 1.54) is 12.1 Å². The minimum Gasteiger partial charge on any atom is -0.445 e. The van der Waals surface area contributed by atoms with Crippen LogP contribution in [0.5, 0.6) is 0 Å². The topological polar surface area (TPSA) is 78.3 Å². The Morgan fingerprint density at radius 1 is 1.26 bits per heavy atom. The van der Waals surface area contributed by atoms with E-state index in [0.29, 0.717) is 31.5 Å². The van der Waals surface area contributed by atoms with Crippen molar-refractivity contribution in [2.75, 3.05) is 13.1 Å². The Morgan fingerprint density at radius 3 is 2.59 bits per heavy atom. The number of nitrogens with zero attached hydrogens (tertiary/aromatic N) is 4. The zero-order chi connectivity index (χ0) is 19.3. The number of benzene rings is 2. The molecule has 1 aliphatic heterocycles. The number of halogens is 2. The zero-order valence-corrected chi connectivity index (χ0v) is 15.3. The van der Waals surface area contributed by atoms with Crippen LogP contribution in [0.1, 0.15) is 24.0 Å². The highest BCUT2D eigenvalue weighted by Gasteiger charge is 2.37. The molecule has 0 atom stereocenters. The maximum Gasteiger partial charge on any atom is 0.410 e. The molecule has 2 aromatic rings. The first-order chi connectivity index (χ1) is 13.0. The molecular formula is C19H18ClFN4O2. The van der Waals surface area contributed by atoms with Gasteiger partial charge >= 0.3 is 6.09 Å². The first-order valence-corrected chi connectivity index (χ1v) is 8.89. The fraction of sp³-hybridized carbons (Fsp3) is 0.316. The molecule has 6 nitrogen and oxygen atoms in total. The van der Waals surface area contributed by atoms with Crippen molar-refractivity contribution in [2.24, 2.45) is 5.11 Å². The Morgan fingerprint density at radius 2 is 1.96 bits per heavy atom. The van der Waals surface area contributed by atoms with Crippen LogP contribution in [0.25, 0.3) is 10.4 Å². The summed E-state index contributed by atoms with van der Waals surface area (Å²) in [6.45, 7) is 0.883. The Kier molecular flexibility index (Phi) is 5.84. The highest BCUT2D eigenvalue weighted by Crippen LogP contribution is 2.38. The van der Waals surface area contributed by atoms with E-state index in [0.717, 1.165) is 5.56 Å². The molecule has 2 aromatic carbocycles. The molecule has 0 aromatic heterocycles. The number of amides is 1. The van der Waals surface area contributed by atoms with Crippen molar-refractivity contribution in [3.8, 4) is 0 Å². The van der Waals surface area contributed by atoms with Gasteiger partial charge in [0.1, 0.15) is 12.4 Å². The van der Waals surface area contributed by atoms with Crippen molar-refractivity contribution in [3.63, 3.8) is 0 Å². The predicted octanol–water partition coefficient (Wildman–Crippen LogP) is 5.42. The Bertz CT molecular complexity index is 863. The van der Waals surface area contributed by atoms with E-state index < -0.39 is 17.4 Å². The minimum absolute atomic E-state index is 0.0109. The summed E-state index contributed by atoms with van der Waals surface area (Å²) in [5.74, 6) is -0.564. The van der Waals surface area contributed by atoms with Crippen LogP contribution in [0.3, 0.4) is 0 Å².